The number of aromatic amines is 1. The Bertz CT molecular complexity index is 1970. The molecule has 0 saturated carbocycles. The fourth-order valence-electron chi connectivity index (χ4n) is 8.22. The van der Waals surface area contributed by atoms with Gasteiger partial charge in [-0.25, -0.2) is 4.79 Å². The number of fused-ring (bicyclic) bond motifs is 1. The van der Waals surface area contributed by atoms with Crippen LogP contribution in [0, 0.1) is 20.8 Å². The lowest BCUT2D eigenvalue weighted by Crippen LogP contribution is -2.44. The van der Waals surface area contributed by atoms with Gasteiger partial charge in [-0.15, -0.1) is 0 Å². The predicted molar refractivity (Wildman–Crippen MR) is 195 cm³/mol. The highest BCUT2D eigenvalue weighted by Gasteiger charge is 2.30. The molecule has 0 bridgehead atoms. The van der Waals surface area contributed by atoms with Crippen LogP contribution in [-0.4, -0.2) is 82.7 Å². The van der Waals surface area contributed by atoms with Gasteiger partial charge in [-0.3, -0.25) is 18.7 Å². The van der Waals surface area contributed by atoms with E-state index in [1.165, 1.54) is 0 Å². The van der Waals surface area contributed by atoms with Crippen molar-refractivity contribution >= 4 is 22.6 Å². The summed E-state index contributed by atoms with van der Waals surface area (Å²) in [5.74, 6) is -0.479. The van der Waals surface area contributed by atoms with Gasteiger partial charge in [-0.05, 0) is 146 Å². The van der Waals surface area contributed by atoms with Crippen molar-refractivity contribution in [3.63, 3.8) is 0 Å². The van der Waals surface area contributed by atoms with Crippen molar-refractivity contribution in [1.82, 2.24) is 23.9 Å². The second-order valence-electron chi connectivity index (χ2n) is 14.2. The van der Waals surface area contributed by atoms with Gasteiger partial charge in [0.1, 0.15) is 0 Å². The summed E-state index contributed by atoms with van der Waals surface area (Å²) < 4.78 is 3.71. The Labute approximate surface area is 283 Å². The Morgan fingerprint density at radius 3 is 2.15 bits per heavy atom. The first-order valence-corrected chi connectivity index (χ1v) is 17.4. The molecule has 256 valence electrons. The highest BCUT2D eigenvalue weighted by molar-refractivity contribution is 5.99. The van der Waals surface area contributed by atoms with Crippen LogP contribution in [0.4, 0.5) is 5.69 Å². The Kier molecular flexibility index (Phi) is 9.42. The number of carbonyl (C=O) groups excluding carboxylic acids is 1. The molecule has 4 aromatic rings. The molecule has 2 aliphatic heterocycles. The smallest absolute Gasteiger partial charge is 0.329 e. The van der Waals surface area contributed by atoms with E-state index in [0.717, 1.165) is 109 Å². The summed E-state index contributed by atoms with van der Waals surface area (Å²) in [7, 11) is 6.12. The molecule has 0 atom stereocenters. The van der Waals surface area contributed by atoms with Crippen LogP contribution in [0.25, 0.3) is 22.2 Å². The molecule has 10 heteroatoms. The number of nitrogens with zero attached hydrogens (tertiary/aromatic N) is 5. The maximum absolute atomic E-state index is 13.7. The van der Waals surface area contributed by atoms with Gasteiger partial charge in [0.25, 0.3) is 5.56 Å². The van der Waals surface area contributed by atoms with E-state index in [2.05, 4.69) is 58.9 Å². The third-order valence-electron chi connectivity index (χ3n) is 11.0. The Balaban J connectivity index is 1.60. The molecule has 2 aromatic carbocycles. The number of benzene rings is 2. The third kappa shape index (κ3) is 6.12. The number of primary amides is 1. The van der Waals surface area contributed by atoms with Crippen LogP contribution >= 0.6 is 0 Å². The van der Waals surface area contributed by atoms with Crippen molar-refractivity contribution in [3.05, 3.63) is 84.7 Å². The van der Waals surface area contributed by atoms with Gasteiger partial charge >= 0.3 is 5.69 Å². The third-order valence-corrected chi connectivity index (χ3v) is 11.0. The number of hydrogen-bond acceptors (Lipinski definition) is 6. The summed E-state index contributed by atoms with van der Waals surface area (Å²) >= 11 is 0. The second kappa shape index (κ2) is 13.4. The number of nitrogens with one attached hydrogen (secondary N) is 1. The number of H-pyrrole nitrogens is 1. The number of rotatable bonds is 8. The number of amides is 1. The zero-order chi connectivity index (χ0) is 34.4. The minimum Gasteiger partial charge on any atom is -0.368 e. The van der Waals surface area contributed by atoms with Crippen LogP contribution in [0.15, 0.2) is 39.9 Å². The van der Waals surface area contributed by atoms with Gasteiger partial charge in [-0.2, -0.15) is 0 Å². The fourth-order valence-corrected chi connectivity index (χ4v) is 8.22. The van der Waals surface area contributed by atoms with E-state index < -0.39 is 5.91 Å². The van der Waals surface area contributed by atoms with Crippen LogP contribution in [0.5, 0.6) is 0 Å². The average Bonchev–Trinajstić information content (AvgIpc) is 3.30. The molecule has 10 nitrogen and oxygen atoms in total. The molecular weight excluding hydrogens is 602 g/mol. The maximum Gasteiger partial charge on any atom is 0.329 e. The number of pyridine rings is 1. The van der Waals surface area contributed by atoms with Crippen molar-refractivity contribution in [3.8, 4) is 11.1 Å². The number of anilines is 1. The molecule has 2 saturated heterocycles. The van der Waals surface area contributed by atoms with Crippen molar-refractivity contribution in [1.29, 1.82) is 0 Å². The van der Waals surface area contributed by atoms with Crippen LogP contribution < -0.4 is 21.9 Å². The molecule has 1 amide bonds. The molecule has 0 aliphatic carbocycles. The lowest BCUT2D eigenvalue weighted by atomic mass is 9.86. The average molecular weight is 654 g/mol. The zero-order valence-electron chi connectivity index (χ0n) is 29.7. The molecular formula is C38H51N7O3. The predicted octanol–water partition coefficient (Wildman–Crippen LogP) is 4.50. The number of piperidine rings is 2. The monoisotopic (exact) mass is 653 g/mol. The topological polar surface area (TPSA) is 113 Å². The molecule has 2 fully saturated rings. The van der Waals surface area contributed by atoms with E-state index in [1.54, 1.807) is 4.57 Å². The molecule has 48 heavy (non-hydrogen) atoms. The van der Waals surface area contributed by atoms with Crippen molar-refractivity contribution in [2.24, 2.45) is 12.8 Å². The SMILES string of the molecule is CCN(c1c(C)c(C(N)=O)cc(-c2ccc3c(c2)n(C)c(=O)n3C2CCN(C)CC2)c1Cc1c(C)cc(C)[nH]c1=O)C1CCN(C)CC1. The largest absolute Gasteiger partial charge is 0.368 e. The number of likely N-dealkylation sites (tertiary alicyclic amines) is 2. The molecule has 6 rings (SSSR count). The molecule has 2 aromatic heterocycles. The van der Waals surface area contributed by atoms with E-state index in [4.69, 9.17) is 5.73 Å². The molecule has 0 unspecified atom stereocenters. The number of aryl methyl sites for hydroxylation is 3. The van der Waals surface area contributed by atoms with Crippen LogP contribution in [0.1, 0.15) is 77.0 Å². The van der Waals surface area contributed by atoms with E-state index in [0.29, 0.717) is 17.5 Å². The van der Waals surface area contributed by atoms with Crippen LogP contribution in [0.3, 0.4) is 0 Å². The zero-order valence-corrected chi connectivity index (χ0v) is 29.7. The Morgan fingerprint density at radius 2 is 1.54 bits per heavy atom. The Hall–Kier alpha value is -4.15. The summed E-state index contributed by atoms with van der Waals surface area (Å²) in [4.78, 5) is 50.4. The van der Waals surface area contributed by atoms with E-state index in [9.17, 15) is 14.4 Å². The van der Waals surface area contributed by atoms with Crippen LogP contribution in [-0.2, 0) is 13.5 Å². The molecule has 4 heterocycles. The number of hydrogen-bond donors (Lipinski definition) is 2. The Morgan fingerprint density at radius 1 is 0.896 bits per heavy atom. The number of nitrogens with two attached hydrogens (primary N) is 1. The molecule has 2 aliphatic rings. The first-order valence-electron chi connectivity index (χ1n) is 17.4. The molecule has 3 N–H and O–H groups in total. The maximum atomic E-state index is 13.7. The lowest BCUT2D eigenvalue weighted by molar-refractivity contribution is 0.0999. The summed E-state index contributed by atoms with van der Waals surface area (Å²) in [6.45, 7) is 12.7. The van der Waals surface area contributed by atoms with E-state index >= 15 is 0 Å². The van der Waals surface area contributed by atoms with Gasteiger partial charge in [0.2, 0.25) is 5.91 Å². The van der Waals surface area contributed by atoms with Gasteiger partial charge < -0.3 is 25.4 Å². The highest BCUT2D eigenvalue weighted by atomic mass is 16.2. The first-order chi connectivity index (χ1) is 22.9. The van der Waals surface area contributed by atoms with Gasteiger partial charge in [0.05, 0.1) is 11.0 Å². The quantitative estimate of drug-likeness (QED) is 0.290. The van der Waals surface area contributed by atoms with E-state index in [-0.39, 0.29) is 23.3 Å². The standard InChI is InChI=1S/C38H51N7O3/c1-8-44(27-11-15-41(5)16-12-27)35-25(4)30(36(39)46)22-31(32(35)21-29-23(2)19-24(3)40-37(29)47)26-9-10-33-34(20-26)43(7)38(48)45(33)28-13-17-42(6)18-14-28/h9-10,19-20,22,27-28H,8,11-18,21H2,1-7H3,(H2,39,46)(H,40,47). The second-order valence-corrected chi connectivity index (χ2v) is 14.2. The van der Waals surface area contributed by atoms with E-state index in [1.807, 2.05) is 44.5 Å². The number of carbonyl (C=O) groups is 1. The number of aromatic nitrogens is 3. The van der Waals surface area contributed by atoms with Gasteiger partial charge in [0, 0.05) is 54.6 Å². The summed E-state index contributed by atoms with van der Waals surface area (Å²) in [6, 6.07) is 10.5. The summed E-state index contributed by atoms with van der Waals surface area (Å²) in [5.41, 5.74) is 15.2. The number of imidazole rings is 1. The van der Waals surface area contributed by atoms with Crippen molar-refractivity contribution in [2.75, 3.05) is 51.7 Å². The van der Waals surface area contributed by atoms with Crippen molar-refractivity contribution in [2.45, 2.75) is 71.9 Å². The normalized spacial score (nSPS) is 17.0. The van der Waals surface area contributed by atoms with Gasteiger partial charge in [0.15, 0.2) is 0 Å². The minimum absolute atomic E-state index is 0.0133. The van der Waals surface area contributed by atoms with Crippen molar-refractivity contribution < 1.29 is 4.79 Å². The molecule has 0 spiro atoms. The first kappa shape index (κ1) is 33.7. The molecule has 0 radical (unpaired) electrons. The summed E-state index contributed by atoms with van der Waals surface area (Å²) in [5, 5.41) is 0. The lowest BCUT2D eigenvalue weighted by Gasteiger charge is -2.40. The highest BCUT2D eigenvalue weighted by Crippen LogP contribution is 2.41. The van der Waals surface area contributed by atoms with Gasteiger partial charge in [-0.1, -0.05) is 6.07 Å². The van der Waals surface area contributed by atoms with Crippen LogP contribution in [0.2, 0.25) is 0 Å². The minimum atomic E-state index is -0.479. The fraction of sp³-hybridized carbons (Fsp3) is 0.500. The summed E-state index contributed by atoms with van der Waals surface area (Å²) in [6.07, 6.45) is 4.25.